The van der Waals surface area contributed by atoms with E-state index in [0.717, 1.165) is 5.69 Å². The van der Waals surface area contributed by atoms with Gasteiger partial charge in [0.05, 0.1) is 5.69 Å². The second-order valence-corrected chi connectivity index (χ2v) is 6.01. The summed E-state index contributed by atoms with van der Waals surface area (Å²) in [4.78, 5) is 16.6. The standard InChI is InChI=1S/C18H20ClNO3/c1-12(2)17(16-6-4-5-11-20-16)23-18(21)13(3)22-15-9-7-14(19)8-10-15/h4-13,17H,1-3H3. The Balaban J connectivity index is 2.02. The summed E-state index contributed by atoms with van der Waals surface area (Å²) in [5.74, 6) is 0.249. The van der Waals surface area contributed by atoms with Gasteiger partial charge < -0.3 is 9.47 Å². The van der Waals surface area contributed by atoms with Crippen LogP contribution in [-0.2, 0) is 9.53 Å². The highest BCUT2D eigenvalue weighted by Gasteiger charge is 2.25. The molecule has 0 fully saturated rings. The molecule has 2 aromatic rings. The number of esters is 1. The highest BCUT2D eigenvalue weighted by Crippen LogP contribution is 2.25. The number of ether oxygens (including phenoxy) is 2. The Morgan fingerprint density at radius 1 is 1.09 bits per heavy atom. The van der Waals surface area contributed by atoms with Gasteiger partial charge in [0.25, 0.3) is 0 Å². The van der Waals surface area contributed by atoms with E-state index >= 15 is 0 Å². The number of hydrogen-bond acceptors (Lipinski definition) is 4. The van der Waals surface area contributed by atoms with Gasteiger partial charge in [-0.15, -0.1) is 0 Å². The van der Waals surface area contributed by atoms with Gasteiger partial charge in [-0.1, -0.05) is 31.5 Å². The highest BCUT2D eigenvalue weighted by atomic mass is 35.5. The SMILES string of the molecule is CC(Oc1ccc(Cl)cc1)C(=O)OC(c1ccccn1)C(C)C. The second kappa shape index (κ2) is 7.97. The zero-order valence-corrected chi connectivity index (χ0v) is 14.2. The Morgan fingerprint density at radius 3 is 2.35 bits per heavy atom. The normalized spacial score (nSPS) is 13.4. The van der Waals surface area contributed by atoms with Crippen LogP contribution in [0.3, 0.4) is 0 Å². The van der Waals surface area contributed by atoms with E-state index in [1.54, 1.807) is 37.4 Å². The van der Waals surface area contributed by atoms with Crippen molar-refractivity contribution in [1.82, 2.24) is 4.98 Å². The molecule has 1 aromatic heterocycles. The first kappa shape index (κ1) is 17.3. The van der Waals surface area contributed by atoms with Gasteiger partial charge in [0.2, 0.25) is 0 Å². The lowest BCUT2D eigenvalue weighted by Crippen LogP contribution is -2.29. The van der Waals surface area contributed by atoms with Gasteiger partial charge in [-0.05, 0) is 49.2 Å². The van der Waals surface area contributed by atoms with Gasteiger partial charge >= 0.3 is 5.97 Å². The van der Waals surface area contributed by atoms with E-state index < -0.39 is 18.2 Å². The minimum atomic E-state index is -0.721. The summed E-state index contributed by atoms with van der Waals surface area (Å²) in [6.45, 7) is 5.63. The second-order valence-electron chi connectivity index (χ2n) is 5.57. The maximum atomic E-state index is 12.3. The summed E-state index contributed by atoms with van der Waals surface area (Å²) in [5, 5.41) is 0.614. The molecule has 5 heteroatoms. The quantitative estimate of drug-likeness (QED) is 0.733. The van der Waals surface area contributed by atoms with E-state index in [1.807, 2.05) is 32.0 Å². The van der Waals surface area contributed by atoms with Gasteiger partial charge in [-0.25, -0.2) is 4.79 Å². The number of nitrogens with zero attached hydrogens (tertiary/aromatic N) is 1. The van der Waals surface area contributed by atoms with E-state index in [4.69, 9.17) is 21.1 Å². The molecular formula is C18H20ClNO3. The zero-order valence-electron chi connectivity index (χ0n) is 13.4. The minimum Gasteiger partial charge on any atom is -0.479 e. The molecule has 0 spiro atoms. The van der Waals surface area contributed by atoms with Crippen LogP contribution < -0.4 is 4.74 Å². The maximum absolute atomic E-state index is 12.3. The largest absolute Gasteiger partial charge is 0.479 e. The van der Waals surface area contributed by atoms with Crippen LogP contribution in [0.2, 0.25) is 5.02 Å². The molecule has 23 heavy (non-hydrogen) atoms. The molecule has 2 rings (SSSR count). The molecule has 0 amide bonds. The van der Waals surface area contributed by atoms with Crippen molar-refractivity contribution in [3.05, 3.63) is 59.4 Å². The van der Waals surface area contributed by atoms with Crippen molar-refractivity contribution in [2.75, 3.05) is 0 Å². The van der Waals surface area contributed by atoms with Gasteiger partial charge in [0.1, 0.15) is 11.9 Å². The zero-order chi connectivity index (χ0) is 16.8. The molecule has 0 aliphatic rings. The van der Waals surface area contributed by atoms with E-state index in [-0.39, 0.29) is 5.92 Å². The van der Waals surface area contributed by atoms with Crippen molar-refractivity contribution < 1.29 is 14.3 Å². The molecule has 0 N–H and O–H groups in total. The third-order valence-corrected chi connectivity index (χ3v) is 3.54. The molecule has 0 bridgehead atoms. The van der Waals surface area contributed by atoms with Crippen LogP contribution in [-0.4, -0.2) is 17.1 Å². The third kappa shape index (κ3) is 4.96. The summed E-state index contributed by atoms with van der Waals surface area (Å²) in [5.41, 5.74) is 0.731. The lowest BCUT2D eigenvalue weighted by molar-refractivity contribution is -0.159. The number of rotatable bonds is 6. The molecule has 4 nitrogen and oxygen atoms in total. The first-order valence-corrected chi connectivity index (χ1v) is 7.89. The van der Waals surface area contributed by atoms with Crippen molar-refractivity contribution in [3.8, 4) is 5.75 Å². The van der Waals surface area contributed by atoms with Crippen molar-refractivity contribution >= 4 is 17.6 Å². The molecule has 122 valence electrons. The number of hydrogen-bond donors (Lipinski definition) is 0. The predicted molar refractivity (Wildman–Crippen MR) is 89.5 cm³/mol. The number of pyridine rings is 1. The van der Waals surface area contributed by atoms with Crippen LogP contribution in [0.25, 0.3) is 0 Å². The van der Waals surface area contributed by atoms with Crippen LogP contribution in [0.5, 0.6) is 5.75 Å². The molecule has 0 saturated carbocycles. The maximum Gasteiger partial charge on any atom is 0.347 e. The van der Waals surface area contributed by atoms with Crippen molar-refractivity contribution in [1.29, 1.82) is 0 Å². The van der Waals surface area contributed by atoms with E-state index in [0.29, 0.717) is 10.8 Å². The Bertz CT molecular complexity index is 628. The van der Waals surface area contributed by atoms with Crippen LogP contribution in [0.4, 0.5) is 0 Å². The van der Waals surface area contributed by atoms with E-state index in [9.17, 15) is 4.79 Å². The monoisotopic (exact) mass is 333 g/mol. The smallest absolute Gasteiger partial charge is 0.347 e. The fourth-order valence-electron chi connectivity index (χ4n) is 2.07. The number of aromatic nitrogens is 1. The Kier molecular flexibility index (Phi) is 5.99. The summed E-state index contributed by atoms with van der Waals surface area (Å²) < 4.78 is 11.2. The minimum absolute atomic E-state index is 0.108. The van der Waals surface area contributed by atoms with Crippen LogP contribution in [0.15, 0.2) is 48.7 Å². The lowest BCUT2D eigenvalue weighted by atomic mass is 10.0. The molecule has 2 unspecified atom stereocenters. The molecule has 0 radical (unpaired) electrons. The molecule has 1 aromatic carbocycles. The third-order valence-electron chi connectivity index (χ3n) is 3.29. The average Bonchev–Trinajstić information content (AvgIpc) is 2.55. The first-order chi connectivity index (χ1) is 11.0. The number of benzene rings is 1. The first-order valence-electron chi connectivity index (χ1n) is 7.51. The molecule has 0 aliphatic heterocycles. The molecule has 2 atom stereocenters. The lowest BCUT2D eigenvalue weighted by Gasteiger charge is -2.23. The van der Waals surface area contributed by atoms with Gasteiger partial charge in [0.15, 0.2) is 6.10 Å². The molecule has 0 saturated heterocycles. The van der Waals surface area contributed by atoms with E-state index in [1.165, 1.54) is 0 Å². The van der Waals surface area contributed by atoms with Crippen LogP contribution in [0.1, 0.15) is 32.6 Å². The highest BCUT2D eigenvalue weighted by molar-refractivity contribution is 6.30. The summed E-state index contributed by atoms with van der Waals surface area (Å²) in [6.07, 6.45) is 0.563. The van der Waals surface area contributed by atoms with Crippen LogP contribution >= 0.6 is 11.6 Å². The number of carbonyl (C=O) groups excluding carboxylic acids is 1. The molecule has 0 aliphatic carbocycles. The Morgan fingerprint density at radius 2 is 1.78 bits per heavy atom. The summed E-state index contributed by atoms with van der Waals surface area (Å²) in [7, 11) is 0. The Labute approximate surface area is 141 Å². The summed E-state index contributed by atoms with van der Waals surface area (Å²) in [6, 6.07) is 12.4. The fraction of sp³-hybridized carbons (Fsp3) is 0.333. The average molecular weight is 334 g/mol. The fourth-order valence-corrected chi connectivity index (χ4v) is 2.19. The van der Waals surface area contributed by atoms with Gasteiger partial charge in [-0.3, -0.25) is 4.98 Å². The molecule has 1 heterocycles. The van der Waals surface area contributed by atoms with Crippen LogP contribution in [0, 0.1) is 5.92 Å². The predicted octanol–water partition coefficient (Wildman–Crippen LogP) is 4.44. The van der Waals surface area contributed by atoms with Crippen molar-refractivity contribution in [2.24, 2.45) is 5.92 Å². The topological polar surface area (TPSA) is 48.4 Å². The number of halogens is 1. The van der Waals surface area contributed by atoms with Crippen molar-refractivity contribution in [3.63, 3.8) is 0 Å². The Hall–Kier alpha value is -2.07. The van der Waals surface area contributed by atoms with Crippen molar-refractivity contribution in [2.45, 2.75) is 33.0 Å². The van der Waals surface area contributed by atoms with Gasteiger partial charge in [-0.2, -0.15) is 0 Å². The molecular weight excluding hydrogens is 314 g/mol. The summed E-state index contributed by atoms with van der Waals surface area (Å²) >= 11 is 5.83. The van der Waals surface area contributed by atoms with E-state index in [2.05, 4.69) is 4.98 Å². The van der Waals surface area contributed by atoms with Gasteiger partial charge in [0, 0.05) is 11.2 Å². The number of carbonyl (C=O) groups is 1.